The molecule has 1 heterocycles. The van der Waals surface area contributed by atoms with Gasteiger partial charge in [-0.15, -0.1) is 11.3 Å². The lowest BCUT2D eigenvalue weighted by Gasteiger charge is -2.10. The molecule has 17 heavy (non-hydrogen) atoms. The molecule has 1 aromatic carbocycles. The number of methoxy groups -OCH3 is 1. The summed E-state index contributed by atoms with van der Waals surface area (Å²) in [4.78, 5) is 0.909. The zero-order valence-electron chi connectivity index (χ0n) is 10.2. The van der Waals surface area contributed by atoms with E-state index in [1.165, 1.54) is 22.5 Å². The van der Waals surface area contributed by atoms with Crippen LogP contribution in [0.1, 0.15) is 27.7 Å². The lowest BCUT2D eigenvalue weighted by atomic mass is 10.0. The van der Waals surface area contributed by atoms with Gasteiger partial charge in [0, 0.05) is 10.3 Å². The third kappa shape index (κ3) is 2.68. The zero-order chi connectivity index (χ0) is 12.4. The van der Waals surface area contributed by atoms with Crippen molar-refractivity contribution in [3.8, 4) is 5.75 Å². The van der Waals surface area contributed by atoms with Crippen LogP contribution in [-0.4, -0.2) is 12.2 Å². The van der Waals surface area contributed by atoms with Gasteiger partial charge in [-0.1, -0.05) is 29.3 Å². The number of benzene rings is 1. The molecule has 1 N–H and O–H groups in total. The number of thiophene rings is 1. The van der Waals surface area contributed by atoms with Crippen molar-refractivity contribution in [2.75, 3.05) is 7.11 Å². The smallest absolute Gasteiger partial charge is 0.129 e. The molecule has 0 aliphatic carbocycles. The molecule has 0 bridgehead atoms. The quantitative estimate of drug-likeness (QED) is 0.901. The molecule has 90 valence electrons. The molecule has 0 aliphatic rings. The maximum atomic E-state index is 10.3. The van der Waals surface area contributed by atoms with E-state index in [2.05, 4.69) is 6.07 Å². The summed E-state index contributed by atoms with van der Waals surface area (Å²) < 4.78 is 5.13. The Balaban J connectivity index is 2.32. The minimum atomic E-state index is -0.567. The number of hydrogen-bond donors (Lipinski definition) is 1. The van der Waals surface area contributed by atoms with Gasteiger partial charge in [0.1, 0.15) is 11.9 Å². The van der Waals surface area contributed by atoms with Crippen LogP contribution in [0.2, 0.25) is 0 Å². The molecule has 2 rings (SSSR count). The van der Waals surface area contributed by atoms with E-state index in [9.17, 15) is 5.11 Å². The Morgan fingerprint density at radius 3 is 2.29 bits per heavy atom. The molecule has 2 aromatic rings. The van der Waals surface area contributed by atoms with Crippen molar-refractivity contribution >= 4 is 11.3 Å². The van der Waals surface area contributed by atoms with Gasteiger partial charge in [0.2, 0.25) is 0 Å². The zero-order valence-corrected chi connectivity index (χ0v) is 11.0. The minimum Gasteiger partial charge on any atom is -0.496 e. The van der Waals surface area contributed by atoms with E-state index in [-0.39, 0.29) is 0 Å². The van der Waals surface area contributed by atoms with Crippen LogP contribution in [0.3, 0.4) is 0 Å². The Kier molecular flexibility index (Phi) is 3.50. The van der Waals surface area contributed by atoms with Gasteiger partial charge < -0.3 is 9.84 Å². The number of aliphatic hydroxyl groups excluding tert-OH is 1. The van der Waals surface area contributed by atoms with Gasteiger partial charge in [-0.2, -0.15) is 0 Å². The van der Waals surface area contributed by atoms with E-state index in [4.69, 9.17) is 4.74 Å². The van der Waals surface area contributed by atoms with Crippen molar-refractivity contribution in [1.82, 2.24) is 0 Å². The molecule has 0 amide bonds. The average Bonchev–Trinajstić information content (AvgIpc) is 2.75. The number of hydrogen-bond acceptors (Lipinski definition) is 3. The molecular formula is C14H16O2S. The molecule has 0 fully saturated rings. The molecule has 3 heteroatoms. The van der Waals surface area contributed by atoms with E-state index in [0.717, 1.165) is 16.2 Å². The monoisotopic (exact) mass is 248 g/mol. The standard InChI is InChI=1S/C14H16O2S/c1-9-4-10(2)6-11(5-9)14(15)13-7-12(16-3)8-17-13/h4-8,14-15H,1-3H3. The molecule has 0 radical (unpaired) electrons. The second kappa shape index (κ2) is 4.90. The van der Waals surface area contributed by atoms with Crippen molar-refractivity contribution in [2.24, 2.45) is 0 Å². The normalized spacial score (nSPS) is 12.5. The van der Waals surface area contributed by atoms with E-state index >= 15 is 0 Å². The molecule has 1 aromatic heterocycles. The van der Waals surface area contributed by atoms with Crippen LogP contribution in [0.4, 0.5) is 0 Å². The van der Waals surface area contributed by atoms with Gasteiger partial charge in [0.05, 0.1) is 7.11 Å². The predicted molar refractivity (Wildman–Crippen MR) is 70.8 cm³/mol. The van der Waals surface area contributed by atoms with Crippen LogP contribution >= 0.6 is 11.3 Å². The van der Waals surface area contributed by atoms with E-state index in [1.54, 1.807) is 7.11 Å². The highest BCUT2D eigenvalue weighted by Crippen LogP contribution is 2.31. The van der Waals surface area contributed by atoms with Gasteiger partial charge in [0.25, 0.3) is 0 Å². The fourth-order valence-electron chi connectivity index (χ4n) is 1.92. The first-order valence-corrected chi connectivity index (χ1v) is 6.37. The molecule has 0 saturated heterocycles. The molecule has 1 atom stereocenters. The Morgan fingerprint density at radius 1 is 1.12 bits per heavy atom. The summed E-state index contributed by atoms with van der Waals surface area (Å²) in [6.45, 7) is 4.08. The molecule has 1 unspecified atom stereocenters. The highest BCUT2D eigenvalue weighted by Gasteiger charge is 2.13. The largest absolute Gasteiger partial charge is 0.496 e. The van der Waals surface area contributed by atoms with Crippen LogP contribution in [-0.2, 0) is 0 Å². The Labute approximate surface area is 105 Å². The summed E-state index contributed by atoms with van der Waals surface area (Å²) in [7, 11) is 1.63. The average molecular weight is 248 g/mol. The summed E-state index contributed by atoms with van der Waals surface area (Å²) in [6.07, 6.45) is -0.567. The van der Waals surface area contributed by atoms with Gasteiger partial charge in [0.15, 0.2) is 0 Å². The first-order chi connectivity index (χ1) is 8.10. The summed E-state index contributed by atoms with van der Waals surface area (Å²) in [5.41, 5.74) is 3.28. The van der Waals surface area contributed by atoms with Crippen molar-refractivity contribution in [3.63, 3.8) is 0 Å². The van der Waals surface area contributed by atoms with Crippen LogP contribution < -0.4 is 4.74 Å². The topological polar surface area (TPSA) is 29.5 Å². The first-order valence-electron chi connectivity index (χ1n) is 5.49. The van der Waals surface area contributed by atoms with Gasteiger partial charge in [-0.3, -0.25) is 0 Å². The molecule has 2 nitrogen and oxygen atoms in total. The van der Waals surface area contributed by atoms with Crippen LogP contribution in [0.5, 0.6) is 5.75 Å². The maximum absolute atomic E-state index is 10.3. The second-order valence-corrected chi connectivity index (χ2v) is 5.16. The maximum Gasteiger partial charge on any atom is 0.129 e. The van der Waals surface area contributed by atoms with Crippen molar-refractivity contribution < 1.29 is 9.84 Å². The Morgan fingerprint density at radius 2 is 1.76 bits per heavy atom. The number of aliphatic hydroxyl groups is 1. The third-order valence-corrected chi connectivity index (χ3v) is 3.62. The van der Waals surface area contributed by atoms with Crippen molar-refractivity contribution in [3.05, 3.63) is 51.2 Å². The Bertz CT molecular complexity index is 496. The fraction of sp³-hybridized carbons (Fsp3) is 0.286. The first kappa shape index (κ1) is 12.1. The van der Waals surface area contributed by atoms with Crippen LogP contribution in [0.25, 0.3) is 0 Å². The molecule has 0 aliphatic heterocycles. The Hall–Kier alpha value is -1.32. The van der Waals surface area contributed by atoms with Crippen LogP contribution in [0.15, 0.2) is 29.6 Å². The highest BCUT2D eigenvalue weighted by molar-refractivity contribution is 7.10. The number of aryl methyl sites for hydroxylation is 2. The molecular weight excluding hydrogens is 232 g/mol. The summed E-state index contributed by atoms with van der Waals surface area (Å²) in [5, 5.41) is 12.2. The number of ether oxygens (including phenoxy) is 1. The summed E-state index contributed by atoms with van der Waals surface area (Å²) in [5.74, 6) is 0.799. The lowest BCUT2D eigenvalue weighted by Crippen LogP contribution is -1.98. The lowest BCUT2D eigenvalue weighted by molar-refractivity contribution is 0.223. The number of rotatable bonds is 3. The van der Waals surface area contributed by atoms with Gasteiger partial charge in [-0.05, 0) is 25.5 Å². The van der Waals surface area contributed by atoms with Gasteiger partial charge >= 0.3 is 0 Å². The molecule has 0 spiro atoms. The summed E-state index contributed by atoms with van der Waals surface area (Å²) >= 11 is 1.51. The predicted octanol–water partition coefficient (Wildman–Crippen LogP) is 3.46. The van der Waals surface area contributed by atoms with Crippen molar-refractivity contribution in [1.29, 1.82) is 0 Å². The minimum absolute atomic E-state index is 0.567. The SMILES string of the molecule is COc1csc(C(O)c2cc(C)cc(C)c2)c1. The van der Waals surface area contributed by atoms with E-state index in [0.29, 0.717) is 0 Å². The van der Waals surface area contributed by atoms with Crippen molar-refractivity contribution in [2.45, 2.75) is 20.0 Å². The van der Waals surface area contributed by atoms with E-state index in [1.807, 2.05) is 37.4 Å². The second-order valence-electron chi connectivity index (χ2n) is 4.21. The third-order valence-electron chi connectivity index (χ3n) is 2.66. The summed E-state index contributed by atoms with van der Waals surface area (Å²) in [6, 6.07) is 8.02. The van der Waals surface area contributed by atoms with Gasteiger partial charge in [-0.25, -0.2) is 0 Å². The van der Waals surface area contributed by atoms with E-state index < -0.39 is 6.10 Å². The highest BCUT2D eigenvalue weighted by atomic mass is 32.1. The van der Waals surface area contributed by atoms with Crippen LogP contribution in [0, 0.1) is 13.8 Å². The fourth-order valence-corrected chi connectivity index (χ4v) is 2.78. The molecule has 0 saturated carbocycles.